The van der Waals surface area contributed by atoms with Crippen LogP contribution in [-0.2, 0) is 0 Å². The van der Waals surface area contributed by atoms with E-state index in [4.69, 9.17) is 9.73 Å². The zero-order chi connectivity index (χ0) is 13.5. The molecule has 1 aliphatic heterocycles. The SMILES string of the molecule is COc1ccc2ccc3c(c2c1)=C1CCCCC1CN=3. The van der Waals surface area contributed by atoms with E-state index in [1.54, 1.807) is 12.7 Å². The Hall–Kier alpha value is -1.83. The Kier molecular flexibility index (Phi) is 2.76. The molecule has 0 amide bonds. The van der Waals surface area contributed by atoms with Gasteiger partial charge < -0.3 is 4.74 Å². The van der Waals surface area contributed by atoms with E-state index in [1.165, 1.54) is 47.0 Å². The Labute approximate surface area is 118 Å². The molecule has 20 heavy (non-hydrogen) atoms. The van der Waals surface area contributed by atoms with E-state index in [0.29, 0.717) is 5.92 Å². The molecule has 1 fully saturated rings. The number of methoxy groups -OCH3 is 1. The summed E-state index contributed by atoms with van der Waals surface area (Å²) in [6.45, 7) is 0.984. The molecular weight excluding hydrogens is 246 g/mol. The summed E-state index contributed by atoms with van der Waals surface area (Å²) in [5.74, 6) is 1.61. The molecule has 1 heterocycles. The summed E-state index contributed by atoms with van der Waals surface area (Å²) in [7, 11) is 1.73. The fraction of sp³-hybridized carbons (Fsp3) is 0.389. The first-order chi connectivity index (χ1) is 9.86. The van der Waals surface area contributed by atoms with Gasteiger partial charge in [-0.2, -0.15) is 0 Å². The number of fused-ring (bicyclic) bond motifs is 4. The maximum absolute atomic E-state index is 5.41. The summed E-state index contributed by atoms with van der Waals surface area (Å²) in [6, 6.07) is 10.7. The van der Waals surface area contributed by atoms with Crippen LogP contribution in [0.3, 0.4) is 0 Å². The summed E-state index contributed by atoms with van der Waals surface area (Å²) in [4.78, 5) is 4.82. The molecule has 0 spiro atoms. The van der Waals surface area contributed by atoms with Crippen molar-refractivity contribution in [3.63, 3.8) is 0 Å². The third kappa shape index (κ3) is 1.75. The molecule has 102 valence electrons. The molecule has 1 saturated carbocycles. The number of hydrogen-bond acceptors (Lipinski definition) is 2. The first-order valence-corrected chi connectivity index (χ1v) is 7.51. The monoisotopic (exact) mass is 265 g/mol. The molecule has 2 heteroatoms. The summed E-state index contributed by atoms with van der Waals surface area (Å²) in [6.07, 6.45) is 5.22. The van der Waals surface area contributed by atoms with Crippen LogP contribution in [0.25, 0.3) is 16.3 Å². The van der Waals surface area contributed by atoms with Crippen molar-refractivity contribution in [1.29, 1.82) is 0 Å². The minimum atomic E-state index is 0.674. The van der Waals surface area contributed by atoms with Crippen LogP contribution >= 0.6 is 0 Å². The van der Waals surface area contributed by atoms with E-state index in [-0.39, 0.29) is 0 Å². The highest BCUT2D eigenvalue weighted by atomic mass is 16.5. The Morgan fingerprint density at radius 3 is 2.95 bits per heavy atom. The largest absolute Gasteiger partial charge is 0.497 e. The van der Waals surface area contributed by atoms with Gasteiger partial charge in [0.25, 0.3) is 0 Å². The van der Waals surface area contributed by atoms with Gasteiger partial charge in [0.2, 0.25) is 0 Å². The van der Waals surface area contributed by atoms with Gasteiger partial charge in [-0.25, -0.2) is 0 Å². The van der Waals surface area contributed by atoms with E-state index in [2.05, 4.69) is 24.3 Å². The van der Waals surface area contributed by atoms with Crippen molar-refractivity contribution in [3.8, 4) is 5.75 Å². The third-order valence-electron chi connectivity index (χ3n) is 4.75. The van der Waals surface area contributed by atoms with Crippen LogP contribution in [0.4, 0.5) is 0 Å². The number of nitrogens with zero attached hydrogens (tertiary/aromatic N) is 1. The van der Waals surface area contributed by atoms with Crippen molar-refractivity contribution >= 4 is 16.3 Å². The van der Waals surface area contributed by atoms with Gasteiger partial charge in [-0.1, -0.05) is 24.1 Å². The summed E-state index contributed by atoms with van der Waals surface area (Å²) < 4.78 is 5.41. The number of benzene rings is 2. The molecule has 0 N–H and O–H groups in total. The fourth-order valence-electron chi connectivity index (χ4n) is 3.71. The van der Waals surface area contributed by atoms with Crippen molar-refractivity contribution in [1.82, 2.24) is 0 Å². The van der Waals surface area contributed by atoms with Gasteiger partial charge >= 0.3 is 0 Å². The third-order valence-corrected chi connectivity index (χ3v) is 4.75. The lowest BCUT2D eigenvalue weighted by atomic mass is 9.81. The smallest absolute Gasteiger partial charge is 0.119 e. The zero-order valence-corrected chi connectivity index (χ0v) is 11.9. The average molecular weight is 265 g/mol. The maximum atomic E-state index is 5.41. The topological polar surface area (TPSA) is 21.6 Å². The van der Waals surface area contributed by atoms with Crippen LogP contribution in [0.5, 0.6) is 5.75 Å². The molecule has 0 aromatic heterocycles. The highest BCUT2D eigenvalue weighted by Gasteiger charge is 2.22. The molecule has 1 unspecified atom stereocenters. The van der Waals surface area contributed by atoms with Crippen molar-refractivity contribution in [3.05, 3.63) is 40.9 Å². The predicted octanol–water partition coefficient (Wildman–Crippen LogP) is 2.82. The molecule has 2 nitrogen and oxygen atoms in total. The number of rotatable bonds is 1. The molecular formula is C18H19NO. The summed E-state index contributed by atoms with van der Waals surface area (Å²) >= 11 is 0. The molecule has 0 bridgehead atoms. The standard InChI is InChI=1S/C18H19NO/c1-20-14-8-6-12-7-9-17-18(16(12)10-14)15-5-3-2-4-13(15)11-19-17/h6-10,13H,2-5,11H2,1H3. The van der Waals surface area contributed by atoms with Crippen molar-refractivity contribution in [2.24, 2.45) is 10.9 Å². The van der Waals surface area contributed by atoms with Crippen molar-refractivity contribution in [2.45, 2.75) is 25.7 Å². The lowest BCUT2D eigenvalue weighted by molar-refractivity contribution is 0.415. The van der Waals surface area contributed by atoms with Gasteiger partial charge in [0.05, 0.1) is 12.5 Å². The molecule has 4 rings (SSSR count). The lowest BCUT2D eigenvalue weighted by Gasteiger charge is -2.27. The van der Waals surface area contributed by atoms with Crippen LogP contribution < -0.4 is 15.3 Å². The quantitative estimate of drug-likeness (QED) is 0.777. The van der Waals surface area contributed by atoms with E-state index in [1.807, 2.05) is 6.07 Å². The summed E-state index contributed by atoms with van der Waals surface area (Å²) in [5.41, 5.74) is 1.64. The first-order valence-electron chi connectivity index (χ1n) is 7.51. The lowest BCUT2D eigenvalue weighted by Crippen LogP contribution is -2.36. The Morgan fingerprint density at radius 1 is 1.15 bits per heavy atom. The second-order valence-electron chi connectivity index (χ2n) is 5.86. The van der Waals surface area contributed by atoms with Gasteiger partial charge in [0, 0.05) is 17.7 Å². The second kappa shape index (κ2) is 4.62. The van der Waals surface area contributed by atoms with Crippen LogP contribution in [-0.4, -0.2) is 13.7 Å². The fourth-order valence-corrected chi connectivity index (χ4v) is 3.71. The van der Waals surface area contributed by atoms with E-state index >= 15 is 0 Å². The molecule has 0 saturated heterocycles. The highest BCUT2D eigenvalue weighted by molar-refractivity contribution is 5.86. The Bertz CT molecular complexity index is 791. The number of ether oxygens (including phenoxy) is 1. The minimum Gasteiger partial charge on any atom is -0.497 e. The molecule has 2 aromatic rings. The van der Waals surface area contributed by atoms with Crippen molar-refractivity contribution < 1.29 is 4.74 Å². The van der Waals surface area contributed by atoms with Gasteiger partial charge in [-0.05, 0) is 48.2 Å². The van der Waals surface area contributed by atoms with Gasteiger partial charge in [-0.3, -0.25) is 4.99 Å². The normalized spacial score (nSPS) is 21.1. The predicted molar refractivity (Wildman–Crippen MR) is 81.5 cm³/mol. The molecule has 1 aliphatic carbocycles. The van der Waals surface area contributed by atoms with E-state index < -0.39 is 0 Å². The van der Waals surface area contributed by atoms with E-state index in [0.717, 1.165) is 12.3 Å². The molecule has 2 aromatic carbocycles. The first kappa shape index (κ1) is 12.0. The molecule has 1 atom stereocenters. The van der Waals surface area contributed by atoms with E-state index in [9.17, 15) is 0 Å². The minimum absolute atomic E-state index is 0.674. The van der Waals surface area contributed by atoms with Gasteiger partial charge in [0.1, 0.15) is 5.75 Å². The maximum Gasteiger partial charge on any atom is 0.119 e. The van der Waals surface area contributed by atoms with Crippen molar-refractivity contribution in [2.75, 3.05) is 13.7 Å². The Morgan fingerprint density at radius 2 is 2.05 bits per heavy atom. The molecule has 0 radical (unpaired) electrons. The van der Waals surface area contributed by atoms with Gasteiger partial charge in [-0.15, -0.1) is 0 Å². The van der Waals surface area contributed by atoms with Crippen LogP contribution in [0.1, 0.15) is 25.7 Å². The highest BCUT2D eigenvalue weighted by Crippen LogP contribution is 2.31. The van der Waals surface area contributed by atoms with Gasteiger partial charge in [0.15, 0.2) is 0 Å². The van der Waals surface area contributed by atoms with Crippen LogP contribution in [0.2, 0.25) is 0 Å². The van der Waals surface area contributed by atoms with Crippen LogP contribution in [0.15, 0.2) is 35.3 Å². The van der Waals surface area contributed by atoms with Crippen LogP contribution in [0, 0.1) is 5.92 Å². The number of hydrogen-bond donors (Lipinski definition) is 0. The Balaban J connectivity index is 2.13. The summed E-state index contributed by atoms with van der Waals surface area (Å²) in [5, 5.41) is 5.18. The second-order valence-corrected chi connectivity index (χ2v) is 5.86. The zero-order valence-electron chi connectivity index (χ0n) is 11.9. The average Bonchev–Trinajstić information content (AvgIpc) is 2.53. The molecule has 2 aliphatic rings.